The van der Waals surface area contributed by atoms with Crippen LogP contribution in [-0.2, 0) is 5.54 Å². The lowest BCUT2D eigenvalue weighted by atomic mass is 9.52. The van der Waals surface area contributed by atoms with Gasteiger partial charge < -0.3 is 10.6 Å². The average molecular weight is 251 g/mol. The maximum Gasteiger partial charge on any atom is 0.0438 e. The normalized spacial score (nSPS) is 25.4. The Balaban J connectivity index is 1.84. The van der Waals surface area contributed by atoms with Crippen molar-refractivity contribution in [2.45, 2.75) is 25.3 Å². The Kier molecular flexibility index (Phi) is 2.35. The third kappa shape index (κ3) is 1.62. The smallest absolute Gasteiger partial charge is 0.0438 e. The molecule has 1 saturated carbocycles. The van der Waals surface area contributed by atoms with Crippen LogP contribution in [0, 0.1) is 12.3 Å². The predicted octanol–water partition coefficient (Wildman–Crippen LogP) is 2.53. The second-order valence-electron chi connectivity index (χ2n) is 6.09. The van der Waals surface area contributed by atoms with Crippen LogP contribution >= 0.6 is 11.6 Å². The number of benzene rings is 1. The van der Waals surface area contributed by atoms with E-state index in [1.54, 1.807) is 0 Å². The minimum atomic E-state index is -0.143. The summed E-state index contributed by atoms with van der Waals surface area (Å²) in [5.41, 5.74) is 9.30. The van der Waals surface area contributed by atoms with Gasteiger partial charge in [0.15, 0.2) is 0 Å². The average Bonchev–Trinajstić information content (AvgIpc) is 2.17. The van der Waals surface area contributed by atoms with Crippen LogP contribution in [0.2, 0.25) is 5.02 Å². The van der Waals surface area contributed by atoms with Crippen molar-refractivity contribution in [1.82, 2.24) is 4.90 Å². The van der Waals surface area contributed by atoms with Crippen molar-refractivity contribution in [3.63, 3.8) is 0 Å². The molecule has 3 rings (SSSR count). The van der Waals surface area contributed by atoms with Gasteiger partial charge in [0, 0.05) is 23.7 Å². The molecule has 0 amide bonds. The van der Waals surface area contributed by atoms with E-state index in [1.807, 2.05) is 12.1 Å². The summed E-state index contributed by atoms with van der Waals surface area (Å²) in [4.78, 5) is 2.37. The minimum Gasteiger partial charge on any atom is -0.321 e. The van der Waals surface area contributed by atoms with Gasteiger partial charge in [-0.3, -0.25) is 0 Å². The van der Waals surface area contributed by atoms with Crippen molar-refractivity contribution in [1.29, 1.82) is 0 Å². The van der Waals surface area contributed by atoms with Gasteiger partial charge in [0.05, 0.1) is 0 Å². The summed E-state index contributed by atoms with van der Waals surface area (Å²) in [7, 11) is 2.17. The molecule has 2 fully saturated rings. The first-order valence-corrected chi connectivity index (χ1v) is 6.55. The molecular weight excluding hydrogens is 232 g/mol. The predicted molar refractivity (Wildman–Crippen MR) is 71.2 cm³/mol. The fourth-order valence-electron chi connectivity index (χ4n) is 3.95. The van der Waals surface area contributed by atoms with Gasteiger partial charge in [-0.15, -0.1) is 0 Å². The summed E-state index contributed by atoms with van der Waals surface area (Å²) >= 11 is 6.18. The molecule has 2 N–H and O–H groups in total. The molecule has 1 aliphatic heterocycles. The lowest BCUT2D eigenvalue weighted by molar-refractivity contribution is -0.0969. The third-order valence-corrected chi connectivity index (χ3v) is 4.81. The number of likely N-dealkylation sites (tertiary alicyclic amines) is 1. The largest absolute Gasteiger partial charge is 0.321 e. The Morgan fingerprint density at radius 1 is 1.29 bits per heavy atom. The van der Waals surface area contributed by atoms with Crippen LogP contribution in [0.15, 0.2) is 18.2 Å². The maximum absolute atomic E-state index is 6.55. The van der Waals surface area contributed by atoms with Crippen LogP contribution in [0.4, 0.5) is 0 Å². The highest BCUT2D eigenvalue weighted by molar-refractivity contribution is 6.31. The van der Waals surface area contributed by atoms with Crippen molar-refractivity contribution in [3.05, 3.63) is 34.3 Å². The quantitative estimate of drug-likeness (QED) is 0.830. The Morgan fingerprint density at radius 3 is 2.53 bits per heavy atom. The van der Waals surface area contributed by atoms with Crippen LogP contribution in [0.3, 0.4) is 0 Å². The molecule has 0 aromatic heterocycles. The summed E-state index contributed by atoms with van der Waals surface area (Å²) in [5.74, 6) is 0. The van der Waals surface area contributed by atoms with Gasteiger partial charge >= 0.3 is 0 Å². The maximum atomic E-state index is 6.55. The zero-order valence-corrected chi connectivity index (χ0v) is 11.2. The molecular formula is C14H19ClN2. The van der Waals surface area contributed by atoms with E-state index in [9.17, 15) is 0 Å². The molecule has 3 heteroatoms. The Bertz CT molecular complexity index is 455. The van der Waals surface area contributed by atoms with Gasteiger partial charge in [-0.05, 0) is 49.4 Å². The summed E-state index contributed by atoms with van der Waals surface area (Å²) in [5, 5.41) is 0.832. The standard InChI is InChI=1S/C14H19ClN2/c1-10-11(4-3-5-12(10)15)14(16)6-13(7-14)8-17(2)9-13/h3-5H,6-9,16H2,1-2H3. The highest BCUT2D eigenvalue weighted by Crippen LogP contribution is 2.57. The van der Waals surface area contributed by atoms with Crippen LogP contribution in [-0.4, -0.2) is 25.0 Å². The van der Waals surface area contributed by atoms with E-state index >= 15 is 0 Å². The van der Waals surface area contributed by atoms with Crippen LogP contribution in [0.25, 0.3) is 0 Å². The molecule has 2 nitrogen and oxygen atoms in total. The summed E-state index contributed by atoms with van der Waals surface area (Å²) in [6.45, 7) is 4.47. The summed E-state index contributed by atoms with van der Waals surface area (Å²) < 4.78 is 0. The minimum absolute atomic E-state index is 0.143. The van der Waals surface area contributed by atoms with Crippen LogP contribution < -0.4 is 5.73 Å². The van der Waals surface area contributed by atoms with Crippen molar-refractivity contribution in [2.75, 3.05) is 20.1 Å². The number of hydrogen-bond acceptors (Lipinski definition) is 2. The molecule has 0 unspecified atom stereocenters. The second kappa shape index (κ2) is 3.47. The first-order chi connectivity index (χ1) is 7.94. The molecule has 92 valence electrons. The number of nitrogens with zero attached hydrogens (tertiary/aromatic N) is 1. The SMILES string of the molecule is Cc1c(Cl)cccc1C1(N)CC2(CN(C)C2)C1. The number of halogens is 1. The summed E-state index contributed by atoms with van der Waals surface area (Å²) in [6, 6.07) is 6.09. The lowest BCUT2D eigenvalue weighted by Gasteiger charge is -2.63. The molecule has 1 aromatic rings. The Morgan fingerprint density at radius 2 is 1.94 bits per heavy atom. The summed E-state index contributed by atoms with van der Waals surface area (Å²) in [6.07, 6.45) is 2.21. The molecule has 0 radical (unpaired) electrons. The molecule has 17 heavy (non-hydrogen) atoms. The Hall–Kier alpha value is -0.570. The number of nitrogens with two attached hydrogens (primary N) is 1. The van der Waals surface area contributed by atoms with E-state index < -0.39 is 0 Å². The fraction of sp³-hybridized carbons (Fsp3) is 0.571. The highest BCUT2D eigenvalue weighted by atomic mass is 35.5. The zero-order valence-electron chi connectivity index (χ0n) is 10.5. The molecule has 1 aromatic carbocycles. The van der Waals surface area contributed by atoms with Crippen molar-refractivity contribution in [3.8, 4) is 0 Å². The second-order valence-corrected chi connectivity index (χ2v) is 6.50. The first kappa shape index (κ1) is 11.5. The van der Waals surface area contributed by atoms with Crippen molar-refractivity contribution >= 4 is 11.6 Å². The fourth-order valence-corrected chi connectivity index (χ4v) is 4.12. The van der Waals surface area contributed by atoms with E-state index in [0.29, 0.717) is 5.41 Å². The van der Waals surface area contributed by atoms with E-state index in [1.165, 1.54) is 18.7 Å². The molecule has 2 aliphatic rings. The Labute approximate surface area is 108 Å². The van der Waals surface area contributed by atoms with Gasteiger partial charge in [0.2, 0.25) is 0 Å². The van der Waals surface area contributed by atoms with Gasteiger partial charge in [0.25, 0.3) is 0 Å². The van der Waals surface area contributed by atoms with Gasteiger partial charge in [-0.2, -0.15) is 0 Å². The highest BCUT2D eigenvalue weighted by Gasteiger charge is 2.58. The van der Waals surface area contributed by atoms with E-state index in [2.05, 4.69) is 24.9 Å². The molecule has 0 bridgehead atoms. The molecule has 1 saturated heterocycles. The van der Waals surface area contributed by atoms with Gasteiger partial charge in [0.1, 0.15) is 0 Å². The van der Waals surface area contributed by atoms with Crippen molar-refractivity contribution < 1.29 is 0 Å². The number of hydrogen-bond donors (Lipinski definition) is 1. The monoisotopic (exact) mass is 250 g/mol. The zero-order chi connectivity index (χ0) is 12.3. The van der Waals surface area contributed by atoms with Crippen molar-refractivity contribution in [2.24, 2.45) is 11.1 Å². The van der Waals surface area contributed by atoms with E-state index in [-0.39, 0.29) is 5.54 Å². The first-order valence-electron chi connectivity index (χ1n) is 6.17. The third-order valence-electron chi connectivity index (χ3n) is 4.40. The lowest BCUT2D eigenvalue weighted by Crippen LogP contribution is -2.68. The molecule has 1 aliphatic carbocycles. The van der Waals surface area contributed by atoms with Crippen LogP contribution in [0.5, 0.6) is 0 Å². The molecule has 0 atom stereocenters. The van der Waals surface area contributed by atoms with E-state index in [4.69, 9.17) is 17.3 Å². The molecule has 1 spiro atoms. The number of rotatable bonds is 1. The van der Waals surface area contributed by atoms with Gasteiger partial charge in [-0.1, -0.05) is 23.7 Å². The van der Waals surface area contributed by atoms with Gasteiger partial charge in [-0.25, -0.2) is 0 Å². The topological polar surface area (TPSA) is 29.3 Å². The van der Waals surface area contributed by atoms with E-state index in [0.717, 1.165) is 23.4 Å². The molecule has 1 heterocycles. The van der Waals surface area contributed by atoms with Crippen LogP contribution in [0.1, 0.15) is 24.0 Å².